The monoisotopic (exact) mass is 521 g/mol. The summed E-state index contributed by atoms with van der Waals surface area (Å²) >= 11 is 0. The zero-order valence-electron chi connectivity index (χ0n) is 21.9. The number of aromatic nitrogens is 2. The van der Waals surface area contributed by atoms with E-state index in [0.717, 1.165) is 34.5 Å². The summed E-state index contributed by atoms with van der Waals surface area (Å²) in [6, 6.07) is 22.8. The van der Waals surface area contributed by atoms with Gasteiger partial charge in [0, 0.05) is 6.42 Å². The molecule has 1 saturated carbocycles. The lowest BCUT2D eigenvalue weighted by molar-refractivity contribution is 0.0984. The molecule has 39 heavy (non-hydrogen) atoms. The normalized spacial score (nSPS) is 16.9. The Bertz CT molecular complexity index is 1540. The molecule has 2 atom stereocenters. The number of aryl methyl sites for hydroxylation is 1. The van der Waals surface area contributed by atoms with Crippen LogP contribution in [0.25, 0.3) is 11.8 Å². The molecule has 0 spiro atoms. The van der Waals surface area contributed by atoms with Gasteiger partial charge in [-0.1, -0.05) is 48.5 Å². The molecule has 3 aromatic carbocycles. The Morgan fingerprint density at radius 2 is 1.92 bits per heavy atom. The Morgan fingerprint density at radius 3 is 2.72 bits per heavy atom. The smallest absolute Gasteiger partial charge is 0.185 e. The zero-order chi connectivity index (χ0) is 26.9. The number of rotatable bonds is 9. The summed E-state index contributed by atoms with van der Waals surface area (Å²) in [6.45, 7) is 2.76. The van der Waals surface area contributed by atoms with Crippen LogP contribution in [0.15, 0.2) is 79.0 Å². The second kappa shape index (κ2) is 10.6. The third-order valence-corrected chi connectivity index (χ3v) is 7.50. The molecular weight excluding hydrogens is 489 g/mol. The Hall–Kier alpha value is -4.07. The maximum atomic E-state index is 15.1. The van der Waals surface area contributed by atoms with E-state index in [4.69, 9.17) is 5.73 Å². The Morgan fingerprint density at radius 1 is 1.10 bits per heavy atom. The van der Waals surface area contributed by atoms with E-state index in [1.807, 2.05) is 67.7 Å². The first-order chi connectivity index (χ1) is 19.0. The summed E-state index contributed by atoms with van der Waals surface area (Å²) in [5.74, 6) is 0.113. The number of fused-ring (bicyclic) bond motifs is 1. The van der Waals surface area contributed by atoms with E-state index in [-0.39, 0.29) is 30.2 Å². The SMILES string of the molecule is Cc1cc(C(=O)Cc2cc(C(NCC3CC3)c3ccccc3)ccc2F)n(-c2ccc3c(c2)C(N)NC=C3)n1. The van der Waals surface area contributed by atoms with E-state index >= 15 is 4.39 Å². The van der Waals surface area contributed by atoms with Crippen molar-refractivity contribution in [3.05, 3.63) is 124 Å². The number of carbonyl (C=O) groups is 1. The van der Waals surface area contributed by atoms with Crippen molar-refractivity contribution in [2.24, 2.45) is 11.7 Å². The molecule has 0 amide bonds. The van der Waals surface area contributed by atoms with Crippen molar-refractivity contribution in [2.75, 3.05) is 6.54 Å². The fourth-order valence-electron chi connectivity index (χ4n) is 5.19. The first kappa shape index (κ1) is 25.2. The van der Waals surface area contributed by atoms with Crippen molar-refractivity contribution < 1.29 is 9.18 Å². The Kier molecular flexibility index (Phi) is 6.85. The summed E-state index contributed by atoms with van der Waals surface area (Å²) in [5, 5.41) is 11.3. The molecule has 7 heteroatoms. The number of hydrogen-bond donors (Lipinski definition) is 3. The highest BCUT2D eigenvalue weighted by atomic mass is 19.1. The van der Waals surface area contributed by atoms with Gasteiger partial charge in [0.15, 0.2) is 5.78 Å². The van der Waals surface area contributed by atoms with Crippen molar-refractivity contribution in [2.45, 2.75) is 38.4 Å². The number of carbonyl (C=O) groups excluding carboxylic acids is 1. The minimum atomic E-state index is -0.387. The Balaban J connectivity index is 1.29. The summed E-state index contributed by atoms with van der Waals surface area (Å²) in [6.07, 6.45) is 5.86. The number of nitrogens with zero attached hydrogens (tertiary/aromatic N) is 2. The molecule has 2 heterocycles. The van der Waals surface area contributed by atoms with Crippen molar-refractivity contribution >= 4 is 11.9 Å². The average Bonchev–Trinajstić information content (AvgIpc) is 3.69. The minimum Gasteiger partial charge on any atom is -0.372 e. The molecule has 2 unspecified atom stereocenters. The number of ketones is 1. The maximum absolute atomic E-state index is 15.1. The quantitative estimate of drug-likeness (QED) is 0.258. The lowest BCUT2D eigenvalue weighted by Gasteiger charge is -2.21. The van der Waals surface area contributed by atoms with Gasteiger partial charge in [0.2, 0.25) is 0 Å². The van der Waals surface area contributed by atoms with Crippen LogP contribution in [0, 0.1) is 18.7 Å². The third kappa shape index (κ3) is 5.41. The molecule has 0 radical (unpaired) electrons. The van der Waals surface area contributed by atoms with E-state index < -0.39 is 0 Å². The van der Waals surface area contributed by atoms with Crippen LogP contribution < -0.4 is 16.4 Å². The second-order valence-electron chi connectivity index (χ2n) is 10.5. The highest BCUT2D eigenvalue weighted by Gasteiger charge is 2.25. The molecule has 1 aliphatic carbocycles. The standard InChI is InChI=1S/C32H32FN5O/c1-20-15-29(38(37-20)26-11-9-22-13-14-35-32(34)27(22)18-26)30(39)17-25-16-24(10-12-28(25)33)31(36-19-21-7-8-21)23-5-3-2-4-6-23/h2-6,9-16,18,21,31-32,35-36H,7-8,17,19,34H2,1H3. The lowest BCUT2D eigenvalue weighted by atomic mass is 9.95. The van der Waals surface area contributed by atoms with Crippen LogP contribution in [-0.2, 0) is 6.42 Å². The maximum Gasteiger partial charge on any atom is 0.185 e. The third-order valence-electron chi connectivity index (χ3n) is 7.50. The lowest BCUT2D eigenvalue weighted by Crippen LogP contribution is -2.27. The van der Waals surface area contributed by atoms with Crippen LogP contribution in [0.2, 0.25) is 0 Å². The van der Waals surface area contributed by atoms with Crippen LogP contribution in [0.4, 0.5) is 4.39 Å². The van der Waals surface area contributed by atoms with Gasteiger partial charge < -0.3 is 16.4 Å². The predicted molar refractivity (Wildman–Crippen MR) is 151 cm³/mol. The van der Waals surface area contributed by atoms with Gasteiger partial charge in [-0.2, -0.15) is 5.10 Å². The zero-order valence-corrected chi connectivity index (χ0v) is 21.9. The highest BCUT2D eigenvalue weighted by Crippen LogP contribution is 2.31. The molecule has 1 aliphatic heterocycles. The van der Waals surface area contributed by atoms with E-state index in [1.165, 1.54) is 18.9 Å². The van der Waals surface area contributed by atoms with Gasteiger partial charge in [-0.05, 0) is 96.6 Å². The first-order valence-electron chi connectivity index (χ1n) is 13.5. The largest absolute Gasteiger partial charge is 0.372 e. The van der Waals surface area contributed by atoms with Gasteiger partial charge in [0.25, 0.3) is 0 Å². The van der Waals surface area contributed by atoms with Gasteiger partial charge in [0.05, 0.1) is 17.4 Å². The Labute approximate surface area is 227 Å². The van der Waals surface area contributed by atoms with Crippen LogP contribution in [0.1, 0.15) is 69.0 Å². The minimum absolute atomic E-state index is 0.0658. The molecule has 1 fully saturated rings. The molecule has 4 aromatic rings. The molecule has 4 N–H and O–H groups in total. The highest BCUT2D eigenvalue weighted by molar-refractivity contribution is 5.96. The molecule has 2 aliphatic rings. The molecule has 0 saturated heterocycles. The fourth-order valence-corrected chi connectivity index (χ4v) is 5.19. The number of hydrogen-bond acceptors (Lipinski definition) is 5. The molecule has 6 rings (SSSR count). The number of halogens is 1. The van der Waals surface area contributed by atoms with Crippen LogP contribution in [0.5, 0.6) is 0 Å². The van der Waals surface area contributed by atoms with Crippen LogP contribution in [0.3, 0.4) is 0 Å². The summed E-state index contributed by atoms with van der Waals surface area (Å²) < 4.78 is 16.7. The number of Topliss-reactive ketones (excluding diaryl/α,β-unsaturated/α-hetero) is 1. The summed E-state index contributed by atoms with van der Waals surface area (Å²) in [7, 11) is 0. The van der Waals surface area contributed by atoms with E-state index in [1.54, 1.807) is 10.7 Å². The van der Waals surface area contributed by atoms with Crippen molar-refractivity contribution in [3.63, 3.8) is 0 Å². The predicted octanol–water partition coefficient (Wildman–Crippen LogP) is 5.37. The number of nitrogens with two attached hydrogens (primary N) is 1. The van der Waals surface area contributed by atoms with E-state index in [2.05, 4.69) is 27.9 Å². The van der Waals surface area contributed by atoms with Crippen molar-refractivity contribution in [3.8, 4) is 5.69 Å². The molecule has 1 aromatic heterocycles. The summed E-state index contributed by atoms with van der Waals surface area (Å²) in [4.78, 5) is 13.6. The molecule has 198 valence electrons. The van der Waals surface area contributed by atoms with Crippen molar-refractivity contribution in [1.82, 2.24) is 20.4 Å². The fraction of sp³-hybridized carbons (Fsp3) is 0.250. The van der Waals surface area contributed by atoms with Gasteiger partial charge in [-0.15, -0.1) is 0 Å². The van der Waals surface area contributed by atoms with Crippen LogP contribution in [-0.4, -0.2) is 22.1 Å². The van der Waals surface area contributed by atoms with E-state index in [0.29, 0.717) is 22.9 Å². The topological polar surface area (TPSA) is 85.0 Å². The molecule has 6 nitrogen and oxygen atoms in total. The van der Waals surface area contributed by atoms with E-state index in [9.17, 15) is 4.79 Å². The van der Waals surface area contributed by atoms with Gasteiger partial charge in [0.1, 0.15) is 17.7 Å². The number of benzene rings is 3. The van der Waals surface area contributed by atoms with Crippen LogP contribution >= 0.6 is 0 Å². The summed E-state index contributed by atoms with van der Waals surface area (Å²) in [5.41, 5.74) is 12.5. The van der Waals surface area contributed by atoms with Crippen molar-refractivity contribution in [1.29, 1.82) is 0 Å². The number of nitrogens with one attached hydrogen (secondary N) is 2. The second-order valence-corrected chi connectivity index (χ2v) is 10.5. The average molecular weight is 522 g/mol. The molecule has 0 bridgehead atoms. The molecular formula is C32H32FN5O. The van der Waals surface area contributed by atoms with Gasteiger partial charge in [-0.3, -0.25) is 4.79 Å². The first-order valence-corrected chi connectivity index (χ1v) is 13.5. The van der Waals surface area contributed by atoms with Gasteiger partial charge >= 0.3 is 0 Å². The van der Waals surface area contributed by atoms with Gasteiger partial charge in [-0.25, -0.2) is 9.07 Å².